The molecular weight excluding hydrogens is 250 g/mol. The quantitative estimate of drug-likeness (QED) is 0.388. The van der Waals surface area contributed by atoms with Crippen molar-refractivity contribution in [3.05, 3.63) is 35.9 Å². The third-order valence-electron chi connectivity index (χ3n) is 2.25. The first kappa shape index (κ1) is 14.8. The predicted molar refractivity (Wildman–Crippen MR) is 66.1 cm³/mol. The van der Waals surface area contributed by atoms with Crippen molar-refractivity contribution in [2.24, 2.45) is 0 Å². The highest BCUT2D eigenvalue weighted by molar-refractivity contribution is 5.78. The number of rotatable bonds is 9. The van der Waals surface area contributed by atoms with Crippen molar-refractivity contribution in [2.45, 2.75) is 12.6 Å². The maximum atomic E-state index is 11.7. The lowest BCUT2D eigenvalue weighted by Crippen LogP contribution is -2.41. The van der Waals surface area contributed by atoms with Crippen molar-refractivity contribution < 1.29 is 23.9 Å². The van der Waals surface area contributed by atoms with E-state index in [1.165, 1.54) is 0 Å². The van der Waals surface area contributed by atoms with Crippen LogP contribution in [0.1, 0.15) is 5.56 Å². The van der Waals surface area contributed by atoms with Gasteiger partial charge in [0, 0.05) is 0 Å². The predicted octanol–water partition coefficient (Wildman–Crippen LogP) is 0.0599. The molecule has 0 aromatic heterocycles. The van der Waals surface area contributed by atoms with E-state index < -0.39 is 12.0 Å². The second-order valence-electron chi connectivity index (χ2n) is 3.63. The van der Waals surface area contributed by atoms with E-state index in [2.05, 4.69) is 5.32 Å². The first-order valence-corrected chi connectivity index (χ1v) is 5.69. The largest absolute Gasteiger partial charge is 0.459 e. The second-order valence-corrected chi connectivity index (χ2v) is 3.63. The van der Waals surface area contributed by atoms with Crippen molar-refractivity contribution in [3.63, 3.8) is 0 Å². The van der Waals surface area contributed by atoms with Crippen LogP contribution >= 0.6 is 0 Å². The Labute approximate surface area is 110 Å². The van der Waals surface area contributed by atoms with Crippen molar-refractivity contribution in [1.29, 1.82) is 0 Å². The first-order chi connectivity index (χ1) is 9.27. The molecule has 19 heavy (non-hydrogen) atoms. The smallest absolute Gasteiger partial charge is 0.331 e. The van der Waals surface area contributed by atoms with Crippen LogP contribution < -0.4 is 5.32 Å². The Hall–Kier alpha value is -2.21. The van der Waals surface area contributed by atoms with E-state index in [4.69, 9.17) is 9.47 Å². The number of aldehydes is 1. The molecule has 0 heterocycles. The van der Waals surface area contributed by atoms with Crippen LogP contribution in [0, 0.1) is 0 Å². The van der Waals surface area contributed by atoms with E-state index in [1.54, 1.807) is 0 Å². The van der Waals surface area contributed by atoms with Crippen LogP contribution in [0.5, 0.6) is 0 Å². The number of ether oxygens (including phenoxy) is 2. The average molecular weight is 265 g/mol. The number of carbonyl (C=O) groups excluding carboxylic acids is 3. The number of benzene rings is 1. The molecule has 1 atom stereocenters. The summed E-state index contributed by atoms with van der Waals surface area (Å²) in [6, 6.07) is 8.24. The zero-order chi connectivity index (χ0) is 13.9. The molecule has 1 aromatic carbocycles. The van der Waals surface area contributed by atoms with Gasteiger partial charge in [-0.2, -0.15) is 0 Å². The van der Waals surface area contributed by atoms with Gasteiger partial charge in [0.1, 0.15) is 19.5 Å². The van der Waals surface area contributed by atoms with Crippen LogP contribution in [0.2, 0.25) is 0 Å². The van der Waals surface area contributed by atoms with Gasteiger partial charge < -0.3 is 19.6 Å². The summed E-state index contributed by atoms with van der Waals surface area (Å²) >= 11 is 0. The van der Waals surface area contributed by atoms with Crippen molar-refractivity contribution >= 4 is 18.7 Å². The van der Waals surface area contributed by atoms with Gasteiger partial charge >= 0.3 is 5.97 Å². The monoisotopic (exact) mass is 265 g/mol. The molecule has 0 saturated carbocycles. The molecule has 1 amide bonds. The topological polar surface area (TPSA) is 81.7 Å². The number of nitrogens with one attached hydrogen (secondary N) is 1. The van der Waals surface area contributed by atoms with Gasteiger partial charge in [0.25, 0.3) is 0 Å². The third-order valence-corrected chi connectivity index (χ3v) is 2.25. The molecule has 1 N–H and O–H groups in total. The number of esters is 1. The molecule has 6 nitrogen and oxygen atoms in total. The SMILES string of the molecule is O=CCOCC(NC=O)C(=O)OCc1ccccc1. The number of hydrogen-bond acceptors (Lipinski definition) is 5. The maximum absolute atomic E-state index is 11.7. The third kappa shape index (κ3) is 5.78. The molecule has 0 aliphatic heterocycles. The molecule has 1 unspecified atom stereocenters. The Balaban J connectivity index is 2.42. The molecule has 0 radical (unpaired) electrons. The van der Waals surface area contributed by atoms with E-state index >= 15 is 0 Å². The second kappa shape index (κ2) is 8.82. The van der Waals surface area contributed by atoms with E-state index in [0.29, 0.717) is 12.7 Å². The van der Waals surface area contributed by atoms with Gasteiger partial charge in [0.05, 0.1) is 6.61 Å². The van der Waals surface area contributed by atoms with Crippen LogP contribution in [-0.4, -0.2) is 37.9 Å². The van der Waals surface area contributed by atoms with E-state index in [0.717, 1.165) is 5.56 Å². The van der Waals surface area contributed by atoms with Gasteiger partial charge in [-0.1, -0.05) is 30.3 Å². The van der Waals surface area contributed by atoms with Crippen molar-refractivity contribution in [2.75, 3.05) is 13.2 Å². The Morgan fingerprint density at radius 1 is 1.26 bits per heavy atom. The Kier molecular flexibility index (Phi) is 6.89. The first-order valence-electron chi connectivity index (χ1n) is 5.69. The Bertz CT molecular complexity index is 407. The molecule has 102 valence electrons. The highest BCUT2D eigenvalue weighted by Crippen LogP contribution is 2.02. The lowest BCUT2D eigenvalue weighted by molar-refractivity contribution is -0.150. The van der Waals surface area contributed by atoms with E-state index in [1.807, 2.05) is 30.3 Å². The molecule has 6 heteroatoms. The molecule has 0 aliphatic rings. The number of hydrogen-bond donors (Lipinski definition) is 1. The minimum atomic E-state index is -0.916. The van der Waals surface area contributed by atoms with Crippen LogP contribution in [0.25, 0.3) is 0 Å². The molecule has 1 aromatic rings. The van der Waals surface area contributed by atoms with Gasteiger partial charge in [-0.05, 0) is 5.56 Å². The molecular formula is C13H15NO5. The molecule has 0 fully saturated rings. The number of amides is 1. The summed E-state index contributed by atoms with van der Waals surface area (Å²) in [5, 5.41) is 2.28. The van der Waals surface area contributed by atoms with Gasteiger partial charge in [-0.25, -0.2) is 4.79 Å². The lowest BCUT2D eigenvalue weighted by atomic mass is 10.2. The van der Waals surface area contributed by atoms with Crippen molar-refractivity contribution in [3.8, 4) is 0 Å². The normalized spacial score (nSPS) is 11.4. The highest BCUT2D eigenvalue weighted by atomic mass is 16.5. The average Bonchev–Trinajstić information content (AvgIpc) is 2.45. The summed E-state index contributed by atoms with van der Waals surface area (Å²) in [5.41, 5.74) is 0.842. The fourth-order valence-corrected chi connectivity index (χ4v) is 1.33. The van der Waals surface area contributed by atoms with Gasteiger partial charge in [-0.3, -0.25) is 4.79 Å². The molecule has 0 saturated heterocycles. The fourth-order valence-electron chi connectivity index (χ4n) is 1.33. The van der Waals surface area contributed by atoms with Crippen LogP contribution in [0.4, 0.5) is 0 Å². The molecule has 0 aliphatic carbocycles. The Morgan fingerprint density at radius 2 is 2.00 bits per heavy atom. The summed E-state index contributed by atoms with van der Waals surface area (Å²) in [7, 11) is 0. The summed E-state index contributed by atoms with van der Waals surface area (Å²) < 4.78 is 9.93. The van der Waals surface area contributed by atoms with Gasteiger partial charge in [-0.15, -0.1) is 0 Å². The Morgan fingerprint density at radius 3 is 2.63 bits per heavy atom. The van der Waals surface area contributed by atoms with Gasteiger partial charge in [0.15, 0.2) is 6.04 Å². The molecule has 0 bridgehead atoms. The highest BCUT2D eigenvalue weighted by Gasteiger charge is 2.19. The summed E-state index contributed by atoms with van der Waals surface area (Å²) in [6.07, 6.45) is 0.950. The number of carbonyl (C=O) groups is 3. The summed E-state index contributed by atoms with van der Waals surface area (Å²) in [4.78, 5) is 32.2. The summed E-state index contributed by atoms with van der Waals surface area (Å²) in [6.45, 7) is -0.126. The van der Waals surface area contributed by atoms with E-state index in [-0.39, 0.29) is 19.8 Å². The lowest BCUT2D eigenvalue weighted by Gasteiger charge is -2.14. The zero-order valence-electron chi connectivity index (χ0n) is 10.3. The van der Waals surface area contributed by atoms with E-state index in [9.17, 15) is 14.4 Å². The van der Waals surface area contributed by atoms with Crippen LogP contribution in [0.3, 0.4) is 0 Å². The van der Waals surface area contributed by atoms with Gasteiger partial charge in [0.2, 0.25) is 6.41 Å². The maximum Gasteiger partial charge on any atom is 0.331 e. The van der Waals surface area contributed by atoms with Crippen LogP contribution in [0.15, 0.2) is 30.3 Å². The standard InChI is InChI=1S/C13H15NO5/c15-6-7-18-9-12(14-10-16)13(17)19-8-11-4-2-1-3-5-11/h1-6,10,12H,7-9H2,(H,14,16). The van der Waals surface area contributed by atoms with Crippen LogP contribution in [-0.2, 0) is 30.5 Å². The zero-order valence-corrected chi connectivity index (χ0v) is 10.3. The minimum Gasteiger partial charge on any atom is -0.459 e. The fraction of sp³-hybridized carbons (Fsp3) is 0.308. The van der Waals surface area contributed by atoms with Crippen molar-refractivity contribution in [1.82, 2.24) is 5.32 Å². The molecule has 0 spiro atoms. The minimum absolute atomic E-state index is 0.106. The molecule has 1 rings (SSSR count). The summed E-state index contributed by atoms with van der Waals surface area (Å²) in [5.74, 6) is -0.609.